The topological polar surface area (TPSA) is 63.4 Å². The number of hydrogen-bond donors (Lipinski definition) is 1. The van der Waals surface area contributed by atoms with Crippen LogP contribution in [0.2, 0.25) is 0 Å². The Morgan fingerprint density at radius 2 is 2.20 bits per heavy atom. The number of nitrogens with two attached hydrogens (primary N) is 1. The SMILES string of the molecule is Cc1ccc(F)c(C(CN)N(C)C2CCS(=O)(=O)C2)c1. The highest BCUT2D eigenvalue weighted by Crippen LogP contribution is 2.28. The molecule has 1 aromatic carbocycles. The highest BCUT2D eigenvalue weighted by atomic mass is 32.2. The smallest absolute Gasteiger partial charge is 0.151 e. The lowest BCUT2D eigenvalue weighted by Crippen LogP contribution is -2.39. The molecule has 112 valence electrons. The predicted molar refractivity (Wildman–Crippen MR) is 77.8 cm³/mol. The Labute approximate surface area is 119 Å². The number of halogens is 1. The molecular formula is C14H21FN2O2S. The number of benzene rings is 1. The van der Waals surface area contributed by atoms with Gasteiger partial charge in [-0.2, -0.15) is 0 Å². The summed E-state index contributed by atoms with van der Waals surface area (Å²) in [6, 6.07) is 4.55. The van der Waals surface area contributed by atoms with Crippen LogP contribution in [0.25, 0.3) is 0 Å². The van der Waals surface area contributed by atoms with Crippen molar-refractivity contribution in [3.8, 4) is 0 Å². The average molecular weight is 300 g/mol. The van der Waals surface area contributed by atoms with Crippen LogP contribution in [0.15, 0.2) is 18.2 Å². The van der Waals surface area contributed by atoms with Gasteiger partial charge in [0.15, 0.2) is 9.84 Å². The lowest BCUT2D eigenvalue weighted by atomic mass is 10.0. The number of likely N-dealkylation sites (N-methyl/N-ethyl adjacent to an activating group) is 1. The first-order valence-electron chi connectivity index (χ1n) is 6.72. The quantitative estimate of drug-likeness (QED) is 0.909. The van der Waals surface area contributed by atoms with Crippen molar-refractivity contribution < 1.29 is 12.8 Å². The standard InChI is InChI=1S/C14H21FN2O2S/c1-10-3-4-13(15)12(7-10)14(8-16)17(2)11-5-6-20(18,19)9-11/h3-4,7,11,14H,5-6,8-9,16H2,1-2H3. The first kappa shape index (κ1) is 15.4. The molecule has 1 heterocycles. The summed E-state index contributed by atoms with van der Waals surface area (Å²) in [5, 5.41) is 0. The van der Waals surface area contributed by atoms with Crippen LogP contribution in [-0.2, 0) is 9.84 Å². The Morgan fingerprint density at radius 3 is 2.75 bits per heavy atom. The number of nitrogens with zero attached hydrogens (tertiary/aromatic N) is 1. The average Bonchev–Trinajstić information content (AvgIpc) is 2.75. The molecule has 0 saturated carbocycles. The van der Waals surface area contributed by atoms with Gasteiger partial charge in [-0.3, -0.25) is 4.90 Å². The van der Waals surface area contributed by atoms with Gasteiger partial charge < -0.3 is 5.73 Å². The minimum atomic E-state index is -2.96. The molecule has 1 aliphatic heterocycles. The zero-order chi connectivity index (χ0) is 14.9. The monoisotopic (exact) mass is 300 g/mol. The van der Waals surface area contributed by atoms with Gasteiger partial charge in [0.2, 0.25) is 0 Å². The maximum atomic E-state index is 14.0. The summed E-state index contributed by atoms with van der Waals surface area (Å²) in [6.07, 6.45) is 0.586. The second-order valence-electron chi connectivity index (χ2n) is 5.50. The van der Waals surface area contributed by atoms with Crippen molar-refractivity contribution in [2.45, 2.75) is 25.4 Å². The second-order valence-corrected chi connectivity index (χ2v) is 7.73. The summed E-state index contributed by atoms with van der Waals surface area (Å²) in [5.74, 6) is 0.0435. The molecule has 0 amide bonds. The Balaban J connectivity index is 2.26. The molecule has 0 aromatic heterocycles. The van der Waals surface area contributed by atoms with E-state index in [1.165, 1.54) is 6.07 Å². The summed E-state index contributed by atoms with van der Waals surface area (Å²) in [7, 11) is -1.13. The molecule has 2 atom stereocenters. The van der Waals surface area contributed by atoms with Crippen LogP contribution in [-0.4, -0.2) is 44.5 Å². The molecule has 2 N–H and O–H groups in total. The van der Waals surface area contributed by atoms with Gasteiger partial charge in [0.25, 0.3) is 0 Å². The Bertz CT molecular complexity index is 589. The minimum Gasteiger partial charge on any atom is -0.329 e. The van der Waals surface area contributed by atoms with Crippen molar-refractivity contribution in [2.75, 3.05) is 25.1 Å². The van der Waals surface area contributed by atoms with E-state index in [1.54, 1.807) is 12.1 Å². The van der Waals surface area contributed by atoms with Crippen molar-refractivity contribution >= 4 is 9.84 Å². The lowest BCUT2D eigenvalue weighted by molar-refractivity contribution is 0.189. The fourth-order valence-corrected chi connectivity index (χ4v) is 4.57. The number of rotatable bonds is 4. The minimum absolute atomic E-state index is 0.0894. The highest BCUT2D eigenvalue weighted by molar-refractivity contribution is 7.91. The van der Waals surface area contributed by atoms with Crippen molar-refractivity contribution in [1.82, 2.24) is 4.90 Å². The van der Waals surface area contributed by atoms with Gasteiger partial charge in [0, 0.05) is 24.2 Å². The van der Waals surface area contributed by atoms with Crippen molar-refractivity contribution in [3.63, 3.8) is 0 Å². The van der Waals surface area contributed by atoms with Crippen LogP contribution in [0.5, 0.6) is 0 Å². The van der Waals surface area contributed by atoms with Gasteiger partial charge in [-0.25, -0.2) is 12.8 Å². The van der Waals surface area contributed by atoms with Crippen LogP contribution < -0.4 is 5.73 Å². The molecule has 20 heavy (non-hydrogen) atoms. The Morgan fingerprint density at radius 1 is 1.50 bits per heavy atom. The molecule has 1 aromatic rings. The molecule has 0 aliphatic carbocycles. The largest absolute Gasteiger partial charge is 0.329 e. The van der Waals surface area contributed by atoms with Gasteiger partial charge >= 0.3 is 0 Å². The normalized spacial score (nSPS) is 23.1. The summed E-state index contributed by atoms with van der Waals surface area (Å²) in [4.78, 5) is 1.91. The molecule has 1 saturated heterocycles. The van der Waals surface area contributed by atoms with E-state index in [0.29, 0.717) is 12.0 Å². The van der Waals surface area contributed by atoms with Crippen LogP contribution in [0.1, 0.15) is 23.6 Å². The first-order valence-corrected chi connectivity index (χ1v) is 8.54. The molecule has 2 unspecified atom stereocenters. The summed E-state index contributed by atoms with van der Waals surface area (Å²) in [6.45, 7) is 2.16. The van der Waals surface area contributed by atoms with E-state index >= 15 is 0 Å². The third-order valence-corrected chi connectivity index (χ3v) is 5.76. The third kappa shape index (κ3) is 3.19. The molecule has 0 spiro atoms. The third-order valence-electron chi connectivity index (χ3n) is 4.01. The Kier molecular flexibility index (Phi) is 4.46. The molecule has 2 rings (SSSR count). The maximum absolute atomic E-state index is 14.0. The fraction of sp³-hybridized carbons (Fsp3) is 0.571. The molecule has 1 aliphatic rings. The van der Waals surface area contributed by atoms with E-state index in [1.807, 2.05) is 18.9 Å². The van der Waals surface area contributed by atoms with Gasteiger partial charge in [-0.15, -0.1) is 0 Å². The number of sulfone groups is 1. The summed E-state index contributed by atoms with van der Waals surface area (Å²) >= 11 is 0. The fourth-order valence-electron chi connectivity index (χ4n) is 2.78. The van der Waals surface area contributed by atoms with E-state index in [4.69, 9.17) is 5.73 Å². The summed E-state index contributed by atoms with van der Waals surface area (Å²) in [5.41, 5.74) is 7.31. The van der Waals surface area contributed by atoms with Crippen molar-refractivity contribution in [3.05, 3.63) is 35.1 Å². The maximum Gasteiger partial charge on any atom is 0.151 e. The van der Waals surface area contributed by atoms with Crippen molar-refractivity contribution in [1.29, 1.82) is 0 Å². The molecule has 6 heteroatoms. The Hall–Kier alpha value is -0.980. The first-order chi connectivity index (χ1) is 9.34. The predicted octanol–water partition coefficient (Wildman–Crippen LogP) is 1.25. The van der Waals surface area contributed by atoms with Crippen molar-refractivity contribution in [2.24, 2.45) is 5.73 Å². The van der Waals surface area contributed by atoms with E-state index < -0.39 is 9.84 Å². The van der Waals surface area contributed by atoms with Gasteiger partial charge in [-0.1, -0.05) is 17.7 Å². The van der Waals surface area contributed by atoms with E-state index in [-0.39, 0.29) is 36.0 Å². The zero-order valence-corrected chi connectivity index (χ0v) is 12.7. The molecule has 1 fully saturated rings. The summed E-state index contributed by atoms with van der Waals surface area (Å²) < 4.78 is 37.2. The number of hydrogen-bond acceptors (Lipinski definition) is 4. The molecule has 4 nitrogen and oxygen atoms in total. The second kappa shape index (κ2) is 5.79. The number of aryl methyl sites for hydroxylation is 1. The lowest BCUT2D eigenvalue weighted by Gasteiger charge is -2.32. The van der Waals surface area contributed by atoms with Crippen LogP contribution >= 0.6 is 0 Å². The van der Waals surface area contributed by atoms with E-state index in [2.05, 4.69) is 0 Å². The van der Waals surface area contributed by atoms with Gasteiger partial charge in [0.1, 0.15) is 5.82 Å². The van der Waals surface area contributed by atoms with Crippen LogP contribution in [0.4, 0.5) is 4.39 Å². The molecule has 0 radical (unpaired) electrons. The highest BCUT2D eigenvalue weighted by Gasteiger charge is 2.34. The van der Waals surface area contributed by atoms with Crippen LogP contribution in [0.3, 0.4) is 0 Å². The van der Waals surface area contributed by atoms with Gasteiger partial charge in [0.05, 0.1) is 11.5 Å². The van der Waals surface area contributed by atoms with Gasteiger partial charge in [-0.05, 0) is 26.5 Å². The van der Waals surface area contributed by atoms with E-state index in [9.17, 15) is 12.8 Å². The molecule has 0 bridgehead atoms. The zero-order valence-electron chi connectivity index (χ0n) is 11.8. The molecular weight excluding hydrogens is 279 g/mol. The van der Waals surface area contributed by atoms with E-state index in [0.717, 1.165) is 5.56 Å². The van der Waals surface area contributed by atoms with Crippen LogP contribution in [0, 0.1) is 12.7 Å².